The van der Waals surface area contributed by atoms with Gasteiger partial charge in [-0.2, -0.15) is 0 Å². The van der Waals surface area contributed by atoms with Crippen LogP contribution in [0.5, 0.6) is 0 Å². The first-order valence-corrected chi connectivity index (χ1v) is 20.1. The van der Waals surface area contributed by atoms with Crippen molar-refractivity contribution in [1.82, 2.24) is 0 Å². The molecule has 0 saturated heterocycles. The maximum Gasteiger partial charge on any atom is 0.0432 e. The molecular weight excluding hydrogens is 593 g/mol. The Morgan fingerprint density at radius 1 is 0.723 bits per heavy atom. The Labute approximate surface area is 295 Å². The van der Waals surface area contributed by atoms with Gasteiger partial charge in [0.2, 0.25) is 0 Å². The third-order valence-electron chi connectivity index (χ3n) is 12.4. The molecule has 0 aromatic rings. The van der Waals surface area contributed by atoms with E-state index in [1.165, 1.54) is 55.2 Å². The first-order valence-electron chi connectivity index (χ1n) is 18.9. The van der Waals surface area contributed by atoms with Crippen molar-refractivity contribution in [2.75, 3.05) is 0 Å². The van der Waals surface area contributed by atoms with Crippen molar-refractivity contribution >= 4 is 11.1 Å². The van der Waals surface area contributed by atoms with Gasteiger partial charge < -0.3 is 4.55 Å². The summed E-state index contributed by atoms with van der Waals surface area (Å²) in [6.45, 7) is 32.8. The zero-order valence-corrected chi connectivity index (χ0v) is 34.0. The van der Waals surface area contributed by atoms with Gasteiger partial charge in [0.25, 0.3) is 0 Å². The van der Waals surface area contributed by atoms with Gasteiger partial charge in [-0.05, 0) is 158 Å². The first-order chi connectivity index (χ1) is 21.8. The zero-order chi connectivity index (χ0) is 35.7. The van der Waals surface area contributed by atoms with E-state index in [1.807, 2.05) is 6.08 Å². The van der Waals surface area contributed by atoms with E-state index in [2.05, 4.69) is 115 Å². The van der Waals surface area contributed by atoms with Gasteiger partial charge in [0.1, 0.15) is 0 Å². The fourth-order valence-electron chi connectivity index (χ4n) is 9.03. The summed E-state index contributed by atoms with van der Waals surface area (Å²) in [6.07, 6.45) is 21.0. The zero-order valence-electron chi connectivity index (χ0n) is 33.2. The second-order valence-electron chi connectivity index (χ2n) is 17.1. The highest BCUT2D eigenvalue weighted by atomic mass is 32.2. The van der Waals surface area contributed by atoms with Gasteiger partial charge in [-0.3, -0.25) is 4.21 Å². The van der Waals surface area contributed by atoms with Crippen LogP contribution in [0.15, 0.2) is 68.9 Å². The number of hydrogen-bond acceptors (Lipinski definition) is 2. The Morgan fingerprint density at radius 3 is 1.51 bits per heavy atom. The Balaban J connectivity index is 1.94. The van der Waals surface area contributed by atoms with Crippen LogP contribution in [0.1, 0.15) is 168 Å². The summed E-state index contributed by atoms with van der Waals surface area (Å²) in [5.74, 6) is 2.14. The van der Waals surface area contributed by atoms with Crippen LogP contribution >= 0.6 is 0 Å². The lowest BCUT2D eigenvalue weighted by Gasteiger charge is -2.40. The lowest BCUT2D eigenvalue weighted by atomic mass is 9.65. The molecule has 0 spiro atoms. The van der Waals surface area contributed by atoms with Crippen LogP contribution < -0.4 is 0 Å². The quantitative estimate of drug-likeness (QED) is 0.122. The molecule has 0 saturated carbocycles. The van der Waals surface area contributed by atoms with Gasteiger partial charge in [0.15, 0.2) is 0 Å². The Morgan fingerprint density at radius 2 is 1.13 bits per heavy atom. The number of allylic oxidation sites excluding steroid dienone is 11. The van der Waals surface area contributed by atoms with Crippen LogP contribution in [-0.4, -0.2) is 14.0 Å². The Hall–Kier alpha value is -1.45. The van der Waals surface area contributed by atoms with Gasteiger partial charge in [-0.25, -0.2) is 0 Å². The third-order valence-corrected chi connectivity index (χ3v) is 13.2. The molecule has 0 heterocycles. The summed E-state index contributed by atoms with van der Waals surface area (Å²) in [5.41, 5.74) is 12.5. The van der Waals surface area contributed by atoms with Crippen LogP contribution in [0.3, 0.4) is 0 Å². The Bertz CT molecular complexity index is 1260. The predicted octanol–water partition coefficient (Wildman–Crippen LogP) is 13.6. The minimum absolute atomic E-state index is 0.293. The highest BCUT2D eigenvalue weighted by Crippen LogP contribution is 2.48. The summed E-state index contributed by atoms with van der Waals surface area (Å²) in [4.78, 5) is 0. The maximum absolute atomic E-state index is 12.2. The van der Waals surface area contributed by atoms with Gasteiger partial charge in [-0.15, -0.1) is 0 Å². The second-order valence-corrected chi connectivity index (χ2v) is 18.2. The van der Waals surface area contributed by atoms with Crippen molar-refractivity contribution in [3.05, 3.63) is 68.9 Å². The fraction of sp³-hybridized carbons (Fsp3) is 0.727. The lowest BCUT2D eigenvalue weighted by Crippen LogP contribution is -2.28. The molecule has 0 fully saturated rings. The lowest BCUT2D eigenvalue weighted by molar-refractivity contribution is 0.304. The summed E-state index contributed by atoms with van der Waals surface area (Å²) >= 11 is -2.13. The maximum atomic E-state index is 12.2. The average Bonchev–Trinajstić information content (AvgIpc) is 2.96. The molecule has 2 rings (SSSR count). The van der Waals surface area contributed by atoms with E-state index in [9.17, 15) is 8.76 Å². The highest BCUT2D eigenvalue weighted by molar-refractivity contribution is 7.80. The summed E-state index contributed by atoms with van der Waals surface area (Å²) < 4.78 is 24.3. The molecule has 0 bridgehead atoms. The van der Waals surface area contributed by atoms with Crippen molar-refractivity contribution in [1.29, 1.82) is 0 Å². The molecular formula is C44H73O2S-. The van der Waals surface area contributed by atoms with E-state index >= 15 is 0 Å². The molecule has 0 radical (unpaired) electrons. The van der Waals surface area contributed by atoms with Crippen molar-refractivity contribution in [3.63, 3.8) is 0 Å². The molecule has 2 aliphatic carbocycles. The Kier molecular flexibility index (Phi) is 16.4. The highest BCUT2D eigenvalue weighted by Gasteiger charge is 2.35. The van der Waals surface area contributed by atoms with Crippen molar-refractivity contribution in [2.45, 2.75) is 173 Å². The summed E-state index contributed by atoms with van der Waals surface area (Å²) in [7, 11) is 0. The smallest absolute Gasteiger partial charge is 0.0432 e. The van der Waals surface area contributed by atoms with E-state index in [-0.39, 0.29) is 0 Å². The van der Waals surface area contributed by atoms with E-state index in [4.69, 9.17) is 0 Å². The molecule has 0 aromatic carbocycles. The standard InChI is InChI=1S/C44H74O2S/c1-30(19-15-21-32(3)36(7)38(9)41-34(5)23-17-27-43(41,11)12)25-26-40(47(45)46)29-31(2)20-16-22-33(4)37(8)39(10)42-35(6)24-18-28-44(42,13)14/h21-22,25,29,36-40H,15-20,23-24,26-28H2,1-14H3,(H,45,46)/p-1/b30-25+,31-29+,32-21+,33-22+. The normalized spacial score (nSPS) is 23.8. The van der Waals surface area contributed by atoms with Crippen molar-refractivity contribution in [3.8, 4) is 0 Å². The third kappa shape index (κ3) is 12.1. The van der Waals surface area contributed by atoms with Gasteiger partial charge in [0.05, 0.1) is 0 Å². The molecule has 268 valence electrons. The second kappa shape index (κ2) is 18.5. The molecule has 0 N–H and O–H groups in total. The number of rotatable bonds is 16. The average molecular weight is 666 g/mol. The van der Waals surface area contributed by atoms with Crippen LogP contribution in [-0.2, 0) is 11.1 Å². The molecule has 2 aliphatic rings. The van der Waals surface area contributed by atoms with Gasteiger partial charge in [0, 0.05) is 5.25 Å². The van der Waals surface area contributed by atoms with E-state index in [0.29, 0.717) is 40.9 Å². The first kappa shape index (κ1) is 41.7. The monoisotopic (exact) mass is 666 g/mol. The summed E-state index contributed by atoms with van der Waals surface area (Å²) in [5, 5.41) is -0.467. The fourth-order valence-corrected chi connectivity index (χ4v) is 9.63. The van der Waals surface area contributed by atoms with Crippen molar-refractivity contribution in [2.24, 2.45) is 34.5 Å². The van der Waals surface area contributed by atoms with Crippen LogP contribution in [0.4, 0.5) is 0 Å². The SMILES string of the molecule is CC1=C(C(C)C(C)/C(C)=C/CC/C(C)=C/CC(/C=C(\C)CC/C=C(\C)C(C)C(C)C2=C(C)CCCC2(C)C)S(=O)[O-])C(C)(C)CCC1. The van der Waals surface area contributed by atoms with E-state index in [0.717, 1.165) is 31.3 Å². The van der Waals surface area contributed by atoms with E-state index in [1.54, 1.807) is 22.3 Å². The molecule has 47 heavy (non-hydrogen) atoms. The molecule has 0 amide bonds. The topological polar surface area (TPSA) is 40.1 Å². The van der Waals surface area contributed by atoms with Crippen LogP contribution in [0.2, 0.25) is 0 Å². The molecule has 3 heteroatoms. The molecule has 2 nitrogen and oxygen atoms in total. The molecule has 6 unspecified atom stereocenters. The number of hydrogen-bond donors (Lipinski definition) is 0. The van der Waals surface area contributed by atoms with Gasteiger partial charge in [-0.1, -0.05) is 124 Å². The molecule has 6 atom stereocenters. The van der Waals surface area contributed by atoms with Crippen LogP contribution in [0.25, 0.3) is 0 Å². The van der Waals surface area contributed by atoms with Crippen molar-refractivity contribution < 1.29 is 8.76 Å². The molecule has 0 aliphatic heterocycles. The molecule has 0 aromatic heterocycles. The largest absolute Gasteiger partial charge is 0.772 e. The minimum Gasteiger partial charge on any atom is -0.772 e. The predicted molar refractivity (Wildman–Crippen MR) is 208 cm³/mol. The minimum atomic E-state index is -2.13. The van der Waals surface area contributed by atoms with Gasteiger partial charge >= 0.3 is 0 Å². The van der Waals surface area contributed by atoms with E-state index < -0.39 is 16.3 Å². The summed E-state index contributed by atoms with van der Waals surface area (Å²) in [6, 6.07) is 0. The van der Waals surface area contributed by atoms with Crippen LogP contribution in [0, 0.1) is 34.5 Å².